The smallest absolute Gasteiger partial charge is 0.408 e. The number of carbonyl (C=O) groups excluding carboxylic acids is 3. The van der Waals surface area contributed by atoms with E-state index < -0.39 is 23.3 Å². The maximum Gasteiger partial charge on any atom is 0.408 e. The summed E-state index contributed by atoms with van der Waals surface area (Å²) in [6, 6.07) is 7.02. The van der Waals surface area contributed by atoms with E-state index in [9.17, 15) is 14.4 Å². The van der Waals surface area contributed by atoms with Gasteiger partial charge in [-0.3, -0.25) is 9.59 Å². The minimum atomic E-state index is -0.792. The molecule has 1 rings (SSSR count). The number of nitrogens with one attached hydrogen (secondary N) is 2. The number of benzene rings is 1. The lowest BCUT2D eigenvalue weighted by Gasteiger charge is -2.34. The van der Waals surface area contributed by atoms with E-state index in [0.717, 1.165) is 43.2 Å². The van der Waals surface area contributed by atoms with E-state index in [0.29, 0.717) is 6.54 Å². The SMILES string of the molecule is CCCCCCN(C(=O)CNC(=O)OC(C)(C)C)C(C(=O)NC(C)(C)C)c1ccc(CC)cc1. The molecule has 1 aromatic rings. The Morgan fingerprint density at radius 1 is 0.941 bits per heavy atom. The minimum Gasteiger partial charge on any atom is -0.444 e. The molecule has 0 fully saturated rings. The molecule has 0 saturated carbocycles. The van der Waals surface area contributed by atoms with Gasteiger partial charge in [-0.05, 0) is 65.5 Å². The Balaban J connectivity index is 3.23. The van der Waals surface area contributed by atoms with Crippen molar-refractivity contribution in [1.29, 1.82) is 0 Å². The van der Waals surface area contributed by atoms with Crippen molar-refractivity contribution in [3.63, 3.8) is 0 Å². The lowest BCUT2D eigenvalue weighted by Crippen LogP contribution is -2.51. The van der Waals surface area contributed by atoms with Crippen molar-refractivity contribution < 1.29 is 19.1 Å². The topological polar surface area (TPSA) is 87.7 Å². The molecule has 34 heavy (non-hydrogen) atoms. The molecule has 192 valence electrons. The van der Waals surface area contributed by atoms with Crippen molar-refractivity contribution in [2.24, 2.45) is 0 Å². The van der Waals surface area contributed by atoms with Gasteiger partial charge in [-0.2, -0.15) is 0 Å². The summed E-state index contributed by atoms with van der Waals surface area (Å²) in [7, 11) is 0. The number of unbranched alkanes of at least 4 members (excludes halogenated alkanes) is 3. The molecule has 0 radical (unpaired) electrons. The molecular weight excluding hydrogens is 430 g/mol. The van der Waals surface area contributed by atoms with E-state index in [-0.39, 0.29) is 18.4 Å². The number of alkyl carbamates (subject to hydrolysis) is 1. The van der Waals surface area contributed by atoms with Crippen LogP contribution in [-0.2, 0) is 20.7 Å². The van der Waals surface area contributed by atoms with Gasteiger partial charge < -0.3 is 20.3 Å². The van der Waals surface area contributed by atoms with Gasteiger partial charge in [0.25, 0.3) is 0 Å². The van der Waals surface area contributed by atoms with Gasteiger partial charge in [0.2, 0.25) is 11.8 Å². The molecule has 0 aromatic heterocycles. The first-order valence-corrected chi connectivity index (χ1v) is 12.4. The van der Waals surface area contributed by atoms with Gasteiger partial charge >= 0.3 is 6.09 Å². The van der Waals surface area contributed by atoms with E-state index in [1.807, 2.05) is 45.0 Å². The summed E-state index contributed by atoms with van der Waals surface area (Å²) in [4.78, 5) is 40.5. The highest BCUT2D eigenvalue weighted by molar-refractivity contribution is 5.90. The van der Waals surface area contributed by atoms with Gasteiger partial charge in [-0.1, -0.05) is 57.4 Å². The largest absolute Gasteiger partial charge is 0.444 e. The average Bonchev–Trinajstić information content (AvgIpc) is 2.72. The Labute approximate surface area is 206 Å². The molecule has 0 spiro atoms. The van der Waals surface area contributed by atoms with Crippen molar-refractivity contribution >= 4 is 17.9 Å². The molecule has 0 bridgehead atoms. The molecule has 0 heterocycles. The first-order chi connectivity index (χ1) is 15.8. The van der Waals surface area contributed by atoms with Crippen molar-refractivity contribution in [2.75, 3.05) is 13.1 Å². The maximum absolute atomic E-state index is 13.5. The zero-order valence-corrected chi connectivity index (χ0v) is 22.4. The second-order valence-electron chi connectivity index (χ2n) is 10.7. The Kier molecular flexibility index (Phi) is 11.6. The normalized spacial score (nSPS) is 12.6. The van der Waals surface area contributed by atoms with Gasteiger partial charge in [0.05, 0.1) is 0 Å². The molecule has 7 heteroatoms. The number of rotatable bonds is 11. The summed E-state index contributed by atoms with van der Waals surface area (Å²) in [5, 5.41) is 5.58. The van der Waals surface area contributed by atoms with Crippen LogP contribution in [0.2, 0.25) is 0 Å². The zero-order valence-electron chi connectivity index (χ0n) is 22.4. The van der Waals surface area contributed by atoms with E-state index in [4.69, 9.17) is 4.74 Å². The molecule has 2 N–H and O–H groups in total. The van der Waals surface area contributed by atoms with Gasteiger partial charge in [-0.15, -0.1) is 0 Å². The van der Waals surface area contributed by atoms with Gasteiger partial charge in [-0.25, -0.2) is 4.79 Å². The summed E-state index contributed by atoms with van der Waals surface area (Å²) in [6.07, 6.45) is 4.09. The Morgan fingerprint density at radius 3 is 2.06 bits per heavy atom. The molecule has 1 atom stereocenters. The zero-order chi connectivity index (χ0) is 25.9. The number of hydrogen-bond acceptors (Lipinski definition) is 4. The molecule has 0 aliphatic rings. The van der Waals surface area contributed by atoms with Crippen LogP contribution in [0.4, 0.5) is 4.79 Å². The minimum absolute atomic E-state index is 0.238. The van der Waals surface area contributed by atoms with Crippen molar-refractivity contribution in [3.05, 3.63) is 35.4 Å². The third kappa shape index (κ3) is 11.0. The Hall–Kier alpha value is -2.57. The summed E-state index contributed by atoms with van der Waals surface area (Å²) in [6.45, 7) is 15.4. The highest BCUT2D eigenvalue weighted by Crippen LogP contribution is 2.24. The van der Waals surface area contributed by atoms with Crippen LogP contribution in [0.3, 0.4) is 0 Å². The van der Waals surface area contributed by atoms with E-state index in [1.54, 1.807) is 25.7 Å². The predicted molar refractivity (Wildman–Crippen MR) is 137 cm³/mol. The number of nitrogens with zero attached hydrogens (tertiary/aromatic N) is 1. The molecule has 0 aliphatic carbocycles. The van der Waals surface area contributed by atoms with Crippen LogP contribution in [0.5, 0.6) is 0 Å². The lowest BCUT2D eigenvalue weighted by molar-refractivity contribution is -0.141. The molecule has 1 aromatic carbocycles. The van der Waals surface area contributed by atoms with Gasteiger partial charge in [0.1, 0.15) is 18.2 Å². The van der Waals surface area contributed by atoms with Crippen LogP contribution >= 0.6 is 0 Å². The van der Waals surface area contributed by atoms with Crippen LogP contribution in [0, 0.1) is 0 Å². The van der Waals surface area contributed by atoms with Gasteiger partial charge in [0.15, 0.2) is 0 Å². The Bertz CT molecular complexity index is 792. The summed E-state index contributed by atoms with van der Waals surface area (Å²) in [5.41, 5.74) is 0.791. The second-order valence-corrected chi connectivity index (χ2v) is 10.7. The van der Waals surface area contributed by atoms with Crippen LogP contribution in [0.25, 0.3) is 0 Å². The third-order valence-electron chi connectivity index (χ3n) is 5.12. The molecule has 0 saturated heterocycles. The first-order valence-electron chi connectivity index (χ1n) is 12.4. The monoisotopic (exact) mass is 475 g/mol. The van der Waals surface area contributed by atoms with Crippen molar-refractivity contribution in [1.82, 2.24) is 15.5 Å². The highest BCUT2D eigenvalue weighted by Gasteiger charge is 2.33. The predicted octanol–water partition coefficient (Wildman–Crippen LogP) is 5.14. The quantitative estimate of drug-likeness (QED) is 0.434. The molecule has 3 amide bonds. The fraction of sp³-hybridized carbons (Fsp3) is 0.667. The highest BCUT2D eigenvalue weighted by atomic mass is 16.6. The Morgan fingerprint density at radius 2 is 1.56 bits per heavy atom. The standard InChI is InChI=1S/C27H45N3O4/c1-9-11-12-13-18-30(22(31)19-28-25(33)34-27(6,7)8)23(24(32)29-26(3,4)5)21-16-14-20(10-2)15-17-21/h14-17,23H,9-13,18-19H2,1-8H3,(H,28,33)(H,29,32). The second kappa shape index (κ2) is 13.4. The van der Waals surface area contributed by atoms with Crippen molar-refractivity contribution in [3.8, 4) is 0 Å². The number of hydrogen-bond donors (Lipinski definition) is 2. The summed E-state index contributed by atoms with van der Waals surface area (Å²) in [5.74, 6) is -0.561. The number of carbonyl (C=O) groups is 3. The molecular formula is C27H45N3O4. The lowest BCUT2D eigenvalue weighted by atomic mass is 9.99. The van der Waals surface area contributed by atoms with E-state index in [1.165, 1.54) is 0 Å². The third-order valence-corrected chi connectivity index (χ3v) is 5.12. The van der Waals surface area contributed by atoms with Crippen LogP contribution in [0.15, 0.2) is 24.3 Å². The summed E-state index contributed by atoms with van der Waals surface area (Å²) < 4.78 is 5.26. The molecule has 7 nitrogen and oxygen atoms in total. The van der Waals surface area contributed by atoms with Gasteiger partial charge in [0, 0.05) is 12.1 Å². The van der Waals surface area contributed by atoms with Crippen molar-refractivity contribution in [2.45, 2.75) is 105 Å². The number of ether oxygens (including phenoxy) is 1. The number of aryl methyl sites for hydroxylation is 1. The van der Waals surface area contributed by atoms with Crippen LogP contribution in [-0.4, -0.2) is 47.0 Å². The first kappa shape index (κ1) is 29.5. The number of amides is 3. The average molecular weight is 476 g/mol. The summed E-state index contributed by atoms with van der Waals surface area (Å²) >= 11 is 0. The maximum atomic E-state index is 13.5. The molecule has 1 unspecified atom stereocenters. The fourth-order valence-corrected chi connectivity index (χ4v) is 3.52. The molecule has 0 aliphatic heterocycles. The fourth-order valence-electron chi connectivity index (χ4n) is 3.52. The van der Waals surface area contributed by atoms with Crippen LogP contribution < -0.4 is 10.6 Å². The van der Waals surface area contributed by atoms with E-state index in [2.05, 4.69) is 24.5 Å². The van der Waals surface area contributed by atoms with Crippen LogP contribution in [0.1, 0.15) is 98.2 Å². The van der Waals surface area contributed by atoms with E-state index >= 15 is 0 Å².